The van der Waals surface area contributed by atoms with Crippen LogP contribution in [0.15, 0.2) is 6.07 Å². The third-order valence-corrected chi connectivity index (χ3v) is 4.09. The molecule has 1 aliphatic rings. The van der Waals surface area contributed by atoms with E-state index in [4.69, 9.17) is 4.74 Å². The number of hydrogen-bond donors (Lipinski definition) is 0. The van der Waals surface area contributed by atoms with E-state index in [0.29, 0.717) is 6.10 Å². The summed E-state index contributed by atoms with van der Waals surface area (Å²) in [5, 5.41) is 11.2. The van der Waals surface area contributed by atoms with E-state index >= 15 is 0 Å². The molecule has 0 N–H and O–H groups in total. The number of methoxy groups -OCH3 is 1. The van der Waals surface area contributed by atoms with Crippen molar-refractivity contribution in [3.8, 4) is 0 Å². The summed E-state index contributed by atoms with van der Waals surface area (Å²) in [6.07, 6.45) is 2.16. The Bertz CT molecular complexity index is 411. The summed E-state index contributed by atoms with van der Waals surface area (Å²) in [4.78, 5) is 13.8. The van der Waals surface area contributed by atoms with Crippen LogP contribution in [0.4, 0.5) is 10.7 Å². The predicted octanol–water partition coefficient (Wildman–Crippen LogP) is 2.58. The van der Waals surface area contributed by atoms with Crippen molar-refractivity contribution in [1.82, 2.24) is 0 Å². The van der Waals surface area contributed by atoms with Crippen LogP contribution in [0.25, 0.3) is 0 Å². The van der Waals surface area contributed by atoms with Gasteiger partial charge in [-0.05, 0) is 25.8 Å². The summed E-state index contributed by atoms with van der Waals surface area (Å²) in [5.41, 5.74) is 0.770. The highest BCUT2D eigenvalue weighted by molar-refractivity contribution is 7.15. The zero-order chi connectivity index (χ0) is 12.4. The molecule has 1 saturated heterocycles. The van der Waals surface area contributed by atoms with Gasteiger partial charge in [0.15, 0.2) is 0 Å². The van der Waals surface area contributed by atoms with Crippen LogP contribution in [0.3, 0.4) is 0 Å². The molecule has 0 aliphatic carbocycles. The van der Waals surface area contributed by atoms with Crippen LogP contribution in [0.5, 0.6) is 0 Å². The predicted molar refractivity (Wildman–Crippen MR) is 68.0 cm³/mol. The van der Waals surface area contributed by atoms with E-state index in [1.165, 1.54) is 11.3 Å². The Hall–Kier alpha value is -1.14. The molecule has 2 rings (SSSR count). The van der Waals surface area contributed by atoms with Gasteiger partial charge in [-0.1, -0.05) is 11.3 Å². The number of aryl methyl sites for hydroxylation is 1. The molecular formula is C11H16N2O3S. The van der Waals surface area contributed by atoms with Crippen molar-refractivity contribution < 1.29 is 9.66 Å². The van der Waals surface area contributed by atoms with E-state index in [0.717, 1.165) is 36.5 Å². The van der Waals surface area contributed by atoms with Crippen molar-refractivity contribution >= 4 is 22.0 Å². The molecule has 6 heteroatoms. The zero-order valence-electron chi connectivity index (χ0n) is 10.0. The minimum atomic E-state index is -0.282. The van der Waals surface area contributed by atoms with Gasteiger partial charge in [0, 0.05) is 25.1 Å². The Kier molecular flexibility index (Phi) is 3.63. The molecule has 0 saturated carbocycles. The average molecular weight is 256 g/mol. The maximum atomic E-state index is 11.0. The Labute approximate surface area is 104 Å². The second-order valence-electron chi connectivity index (χ2n) is 4.23. The number of thiophene rings is 1. The van der Waals surface area contributed by atoms with Crippen molar-refractivity contribution in [3.63, 3.8) is 0 Å². The normalized spacial score (nSPS) is 17.4. The molecule has 94 valence electrons. The number of anilines is 1. The van der Waals surface area contributed by atoms with E-state index in [1.54, 1.807) is 7.11 Å². The van der Waals surface area contributed by atoms with Crippen LogP contribution in [0.2, 0.25) is 0 Å². The van der Waals surface area contributed by atoms with Crippen LogP contribution in [0, 0.1) is 17.0 Å². The van der Waals surface area contributed by atoms with Gasteiger partial charge in [-0.15, -0.1) is 0 Å². The molecule has 0 bridgehead atoms. The smallest absolute Gasteiger partial charge is 0.347 e. The minimum Gasteiger partial charge on any atom is -0.381 e. The van der Waals surface area contributed by atoms with Gasteiger partial charge in [0.05, 0.1) is 11.0 Å². The topological polar surface area (TPSA) is 55.6 Å². The standard InChI is InChI=1S/C11H16N2O3S/c1-8-7-10(11(17-8)13(14)15)12-5-3-9(16-2)4-6-12/h7,9H,3-6H2,1-2H3. The first-order chi connectivity index (χ1) is 8.11. The lowest BCUT2D eigenvalue weighted by Gasteiger charge is -2.31. The van der Waals surface area contributed by atoms with Crippen LogP contribution < -0.4 is 4.90 Å². The number of hydrogen-bond acceptors (Lipinski definition) is 5. The molecule has 1 fully saturated rings. The SMILES string of the molecule is COC1CCN(c2cc(C)sc2[N+](=O)[O-])CC1. The van der Waals surface area contributed by atoms with Crippen LogP contribution in [0.1, 0.15) is 17.7 Å². The summed E-state index contributed by atoms with van der Waals surface area (Å²) >= 11 is 1.25. The first-order valence-corrected chi connectivity index (χ1v) is 6.46. The highest BCUT2D eigenvalue weighted by atomic mass is 32.1. The van der Waals surface area contributed by atoms with Gasteiger partial charge in [-0.25, -0.2) is 0 Å². The lowest BCUT2D eigenvalue weighted by Crippen LogP contribution is -2.36. The Morgan fingerprint density at radius 2 is 2.18 bits per heavy atom. The third-order valence-electron chi connectivity index (χ3n) is 3.10. The van der Waals surface area contributed by atoms with Gasteiger partial charge < -0.3 is 9.64 Å². The fraction of sp³-hybridized carbons (Fsp3) is 0.636. The average Bonchev–Trinajstić information content (AvgIpc) is 2.72. The molecule has 0 unspecified atom stereocenters. The van der Waals surface area contributed by atoms with Crippen LogP contribution >= 0.6 is 11.3 Å². The molecular weight excluding hydrogens is 240 g/mol. The fourth-order valence-electron chi connectivity index (χ4n) is 2.18. The van der Waals surface area contributed by atoms with Gasteiger partial charge in [-0.3, -0.25) is 10.1 Å². The summed E-state index contributed by atoms with van der Waals surface area (Å²) in [5.74, 6) is 0. The lowest BCUT2D eigenvalue weighted by molar-refractivity contribution is -0.379. The van der Waals surface area contributed by atoms with Crippen molar-refractivity contribution in [2.24, 2.45) is 0 Å². The molecule has 0 aromatic carbocycles. The largest absolute Gasteiger partial charge is 0.381 e. The second-order valence-corrected chi connectivity index (χ2v) is 5.46. The molecule has 5 nitrogen and oxygen atoms in total. The van der Waals surface area contributed by atoms with E-state index in [1.807, 2.05) is 13.0 Å². The number of piperidine rings is 1. The van der Waals surface area contributed by atoms with Crippen molar-refractivity contribution in [1.29, 1.82) is 0 Å². The van der Waals surface area contributed by atoms with Crippen LogP contribution in [-0.2, 0) is 4.74 Å². The second kappa shape index (κ2) is 5.01. The lowest BCUT2D eigenvalue weighted by atomic mass is 10.1. The third kappa shape index (κ3) is 2.58. The monoisotopic (exact) mass is 256 g/mol. The summed E-state index contributed by atoms with van der Waals surface area (Å²) in [6, 6.07) is 1.91. The quantitative estimate of drug-likeness (QED) is 0.616. The van der Waals surface area contributed by atoms with Crippen molar-refractivity contribution in [2.75, 3.05) is 25.1 Å². The van der Waals surface area contributed by atoms with Crippen LogP contribution in [-0.4, -0.2) is 31.2 Å². The minimum absolute atomic E-state index is 0.262. The van der Waals surface area contributed by atoms with Gasteiger partial charge in [0.25, 0.3) is 0 Å². The highest BCUT2D eigenvalue weighted by Gasteiger charge is 2.26. The Morgan fingerprint density at radius 1 is 1.53 bits per heavy atom. The van der Waals surface area contributed by atoms with Gasteiger partial charge >= 0.3 is 5.00 Å². The molecule has 0 radical (unpaired) electrons. The first-order valence-electron chi connectivity index (χ1n) is 5.64. The van der Waals surface area contributed by atoms with E-state index in [9.17, 15) is 10.1 Å². The molecule has 2 heterocycles. The molecule has 1 aliphatic heterocycles. The molecule has 0 amide bonds. The highest BCUT2D eigenvalue weighted by Crippen LogP contribution is 2.38. The van der Waals surface area contributed by atoms with E-state index < -0.39 is 0 Å². The number of nitro groups is 1. The van der Waals surface area contributed by atoms with E-state index in [-0.39, 0.29) is 9.92 Å². The van der Waals surface area contributed by atoms with Gasteiger partial charge in [0.2, 0.25) is 0 Å². The fourth-order valence-corrected chi connectivity index (χ4v) is 3.02. The van der Waals surface area contributed by atoms with Gasteiger partial charge in [0.1, 0.15) is 5.69 Å². The molecule has 17 heavy (non-hydrogen) atoms. The van der Waals surface area contributed by atoms with Gasteiger partial charge in [-0.2, -0.15) is 0 Å². The number of rotatable bonds is 3. The Balaban J connectivity index is 2.15. The maximum absolute atomic E-state index is 11.0. The summed E-state index contributed by atoms with van der Waals surface area (Å²) in [6.45, 7) is 3.56. The molecule has 1 aromatic heterocycles. The Morgan fingerprint density at radius 3 is 2.71 bits per heavy atom. The number of ether oxygens (including phenoxy) is 1. The van der Waals surface area contributed by atoms with Crippen molar-refractivity contribution in [2.45, 2.75) is 25.9 Å². The van der Waals surface area contributed by atoms with E-state index in [2.05, 4.69) is 4.90 Å². The summed E-state index contributed by atoms with van der Waals surface area (Å²) in [7, 11) is 1.72. The van der Waals surface area contributed by atoms with Crippen molar-refractivity contribution in [3.05, 3.63) is 21.1 Å². The molecule has 0 atom stereocenters. The molecule has 0 spiro atoms. The zero-order valence-corrected chi connectivity index (χ0v) is 10.8. The number of nitrogens with zero attached hydrogens (tertiary/aromatic N) is 2. The molecule has 1 aromatic rings. The maximum Gasteiger partial charge on any atom is 0.347 e. The first kappa shape index (κ1) is 12.3. The summed E-state index contributed by atoms with van der Waals surface area (Å²) < 4.78 is 5.30.